The van der Waals surface area contributed by atoms with Crippen molar-refractivity contribution in [1.29, 1.82) is 0 Å². The molecule has 0 bridgehead atoms. The van der Waals surface area contributed by atoms with Gasteiger partial charge in [0.1, 0.15) is 6.54 Å². The predicted molar refractivity (Wildman–Crippen MR) is 74.9 cm³/mol. The number of aromatic carboxylic acids is 1. The van der Waals surface area contributed by atoms with E-state index in [1.807, 2.05) is 0 Å². The Morgan fingerprint density at radius 3 is 2.67 bits per heavy atom. The number of carboxylic acid groups (broad SMARTS) is 1. The summed E-state index contributed by atoms with van der Waals surface area (Å²) in [4.78, 5) is 35.0. The third-order valence-corrected chi connectivity index (χ3v) is 2.64. The molecule has 0 saturated carbocycles. The Labute approximate surface area is 122 Å². The number of carboxylic acids is 1. The second-order valence-electron chi connectivity index (χ2n) is 4.33. The zero-order valence-corrected chi connectivity index (χ0v) is 12.0. The quantitative estimate of drug-likeness (QED) is 0.766. The summed E-state index contributed by atoms with van der Waals surface area (Å²) < 4.78 is 4.74. The standard InChI is InChI=1S/C14H18N2O5/c1-3-21-12(17)9-16(2)14(20)15-8-10-5-4-6-11(7-10)13(18)19/h4-7H,3,8-9H2,1-2H3,(H,15,20)(H,18,19). The van der Waals surface area contributed by atoms with E-state index in [-0.39, 0.29) is 25.3 Å². The zero-order chi connectivity index (χ0) is 15.8. The van der Waals surface area contributed by atoms with Crippen LogP contribution in [0.1, 0.15) is 22.8 Å². The molecule has 2 amide bonds. The average molecular weight is 294 g/mol. The van der Waals surface area contributed by atoms with Crippen molar-refractivity contribution in [2.45, 2.75) is 13.5 Å². The molecule has 0 unspecified atom stereocenters. The Morgan fingerprint density at radius 2 is 2.05 bits per heavy atom. The maximum absolute atomic E-state index is 11.8. The van der Waals surface area contributed by atoms with Crippen molar-refractivity contribution < 1.29 is 24.2 Å². The van der Waals surface area contributed by atoms with E-state index in [0.29, 0.717) is 5.56 Å². The Bertz CT molecular complexity index is 530. The van der Waals surface area contributed by atoms with Crippen LogP contribution in [0.2, 0.25) is 0 Å². The minimum atomic E-state index is -1.03. The maximum atomic E-state index is 11.8. The highest BCUT2D eigenvalue weighted by atomic mass is 16.5. The lowest BCUT2D eigenvalue weighted by atomic mass is 10.1. The van der Waals surface area contributed by atoms with Crippen LogP contribution in [0.3, 0.4) is 0 Å². The van der Waals surface area contributed by atoms with Crippen LogP contribution in [0.25, 0.3) is 0 Å². The van der Waals surface area contributed by atoms with Crippen molar-refractivity contribution in [3.8, 4) is 0 Å². The number of urea groups is 1. The minimum absolute atomic E-state index is 0.144. The summed E-state index contributed by atoms with van der Waals surface area (Å²) in [5.74, 6) is -1.51. The van der Waals surface area contributed by atoms with E-state index < -0.39 is 18.0 Å². The molecule has 0 aliphatic carbocycles. The molecule has 0 heterocycles. The molecule has 0 fully saturated rings. The number of nitrogens with zero attached hydrogens (tertiary/aromatic N) is 1. The molecule has 0 aliphatic heterocycles. The third-order valence-electron chi connectivity index (χ3n) is 2.64. The predicted octanol–water partition coefficient (Wildman–Crippen LogP) is 1.09. The fourth-order valence-corrected chi connectivity index (χ4v) is 1.60. The second-order valence-corrected chi connectivity index (χ2v) is 4.33. The molecule has 0 spiro atoms. The van der Waals surface area contributed by atoms with Gasteiger partial charge in [-0.2, -0.15) is 0 Å². The van der Waals surface area contributed by atoms with Gasteiger partial charge in [0.25, 0.3) is 0 Å². The second kappa shape index (κ2) is 7.88. The van der Waals surface area contributed by atoms with Crippen molar-refractivity contribution in [3.63, 3.8) is 0 Å². The molecule has 0 aliphatic rings. The van der Waals surface area contributed by atoms with E-state index in [0.717, 1.165) is 0 Å². The number of hydrogen-bond donors (Lipinski definition) is 2. The van der Waals surface area contributed by atoms with Crippen LogP contribution >= 0.6 is 0 Å². The molecule has 1 aromatic carbocycles. The van der Waals surface area contributed by atoms with Gasteiger partial charge in [0.2, 0.25) is 0 Å². The van der Waals surface area contributed by atoms with Crippen molar-refractivity contribution in [1.82, 2.24) is 10.2 Å². The van der Waals surface area contributed by atoms with Crippen molar-refractivity contribution in [3.05, 3.63) is 35.4 Å². The molecule has 2 N–H and O–H groups in total. The number of benzene rings is 1. The topological polar surface area (TPSA) is 95.9 Å². The molecule has 21 heavy (non-hydrogen) atoms. The van der Waals surface area contributed by atoms with Gasteiger partial charge in [0, 0.05) is 13.6 Å². The molecule has 0 aromatic heterocycles. The number of rotatable bonds is 6. The molecule has 0 radical (unpaired) electrons. The first-order chi connectivity index (χ1) is 9.93. The zero-order valence-electron chi connectivity index (χ0n) is 12.0. The molecule has 1 rings (SSSR count). The number of likely N-dealkylation sites (N-methyl/N-ethyl adjacent to an activating group) is 1. The normalized spacial score (nSPS) is 9.81. The Morgan fingerprint density at radius 1 is 1.33 bits per heavy atom. The van der Waals surface area contributed by atoms with Gasteiger partial charge in [0.15, 0.2) is 0 Å². The van der Waals surface area contributed by atoms with Crippen molar-refractivity contribution >= 4 is 18.0 Å². The number of hydrogen-bond acceptors (Lipinski definition) is 4. The summed E-state index contributed by atoms with van der Waals surface area (Å²) >= 11 is 0. The molecule has 0 atom stereocenters. The third kappa shape index (κ3) is 5.52. The van der Waals surface area contributed by atoms with E-state index in [2.05, 4.69) is 5.32 Å². The van der Waals surface area contributed by atoms with Crippen LogP contribution in [0, 0.1) is 0 Å². The van der Waals surface area contributed by atoms with Gasteiger partial charge in [-0.25, -0.2) is 9.59 Å². The van der Waals surface area contributed by atoms with Gasteiger partial charge in [-0.15, -0.1) is 0 Å². The smallest absolute Gasteiger partial charge is 0.335 e. The number of nitrogens with one attached hydrogen (secondary N) is 1. The van der Waals surface area contributed by atoms with E-state index in [1.165, 1.54) is 24.1 Å². The summed E-state index contributed by atoms with van der Waals surface area (Å²) in [6.45, 7) is 1.98. The maximum Gasteiger partial charge on any atom is 0.335 e. The van der Waals surface area contributed by atoms with Gasteiger partial charge in [-0.05, 0) is 24.6 Å². The molecule has 114 valence electrons. The Kier molecular flexibility index (Phi) is 6.19. The molecular formula is C14H18N2O5. The fraction of sp³-hybridized carbons (Fsp3) is 0.357. The van der Waals surface area contributed by atoms with E-state index in [9.17, 15) is 14.4 Å². The average Bonchev–Trinajstić information content (AvgIpc) is 2.45. The van der Waals surface area contributed by atoms with Gasteiger partial charge in [-0.3, -0.25) is 4.79 Å². The van der Waals surface area contributed by atoms with E-state index >= 15 is 0 Å². The van der Waals surface area contributed by atoms with Crippen LogP contribution in [-0.2, 0) is 16.1 Å². The van der Waals surface area contributed by atoms with Gasteiger partial charge >= 0.3 is 18.0 Å². The van der Waals surface area contributed by atoms with Crippen LogP contribution in [0.5, 0.6) is 0 Å². The minimum Gasteiger partial charge on any atom is -0.478 e. The fourth-order valence-electron chi connectivity index (χ4n) is 1.60. The lowest BCUT2D eigenvalue weighted by molar-refractivity contribution is -0.143. The summed E-state index contributed by atoms with van der Waals surface area (Å²) in [6.07, 6.45) is 0. The molecule has 7 heteroatoms. The lowest BCUT2D eigenvalue weighted by Gasteiger charge is -2.17. The summed E-state index contributed by atoms with van der Waals surface area (Å²) in [7, 11) is 1.47. The summed E-state index contributed by atoms with van der Waals surface area (Å²) in [6, 6.07) is 5.82. The number of ether oxygens (including phenoxy) is 1. The molecular weight excluding hydrogens is 276 g/mol. The molecule has 1 aromatic rings. The van der Waals surface area contributed by atoms with Crippen LogP contribution in [0.4, 0.5) is 4.79 Å². The monoisotopic (exact) mass is 294 g/mol. The van der Waals surface area contributed by atoms with E-state index in [1.54, 1.807) is 19.1 Å². The molecule has 0 saturated heterocycles. The Hall–Kier alpha value is -2.57. The van der Waals surface area contributed by atoms with Crippen molar-refractivity contribution in [2.24, 2.45) is 0 Å². The van der Waals surface area contributed by atoms with Crippen LogP contribution in [0.15, 0.2) is 24.3 Å². The van der Waals surface area contributed by atoms with Crippen molar-refractivity contribution in [2.75, 3.05) is 20.2 Å². The highest BCUT2D eigenvalue weighted by Gasteiger charge is 2.13. The SMILES string of the molecule is CCOC(=O)CN(C)C(=O)NCc1cccc(C(=O)O)c1. The van der Waals surface area contributed by atoms with Crippen LogP contribution in [-0.4, -0.2) is 48.2 Å². The van der Waals surface area contributed by atoms with E-state index in [4.69, 9.17) is 9.84 Å². The highest BCUT2D eigenvalue weighted by molar-refractivity contribution is 5.87. The largest absolute Gasteiger partial charge is 0.478 e. The first kappa shape index (κ1) is 16.5. The van der Waals surface area contributed by atoms with Crippen LogP contribution < -0.4 is 5.32 Å². The van der Waals surface area contributed by atoms with Gasteiger partial charge < -0.3 is 20.1 Å². The first-order valence-electron chi connectivity index (χ1n) is 6.40. The van der Waals surface area contributed by atoms with Gasteiger partial charge in [-0.1, -0.05) is 12.1 Å². The molecule has 7 nitrogen and oxygen atoms in total. The lowest BCUT2D eigenvalue weighted by Crippen LogP contribution is -2.40. The number of amides is 2. The summed E-state index contributed by atoms with van der Waals surface area (Å²) in [5, 5.41) is 11.5. The highest BCUT2D eigenvalue weighted by Crippen LogP contribution is 2.05. The number of esters is 1. The Balaban J connectivity index is 2.50. The summed E-state index contributed by atoms with van der Waals surface area (Å²) in [5.41, 5.74) is 0.814. The number of carbonyl (C=O) groups excluding carboxylic acids is 2. The first-order valence-corrected chi connectivity index (χ1v) is 6.40. The number of carbonyl (C=O) groups is 3. The van der Waals surface area contributed by atoms with Gasteiger partial charge in [0.05, 0.1) is 12.2 Å².